The highest BCUT2D eigenvalue weighted by Gasteiger charge is 2.18. The fourth-order valence-electron chi connectivity index (χ4n) is 3.39. The smallest absolute Gasteiger partial charge is 0.193 e. The molecule has 0 aliphatic carbocycles. The maximum atomic E-state index is 4.85. The van der Waals surface area contributed by atoms with Crippen LogP contribution in [0.1, 0.15) is 45.2 Å². The third-order valence-corrected chi connectivity index (χ3v) is 5.91. The molecule has 0 saturated carbocycles. The molecule has 1 N–H and O–H groups in total. The van der Waals surface area contributed by atoms with Crippen LogP contribution in [0.5, 0.6) is 0 Å². The van der Waals surface area contributed by atoms with E-state index in [1.165, 1.54) is 49.6 Å². The van der Waals surface area contributed by atoms with Crippen LogP contribution in [0.3, 0.4) is 0 Å². The Kier molecular flexibility index (Phi) is 6.35. The number of aliphatic imine (C=N–C) groups is 1. The number of nitrogens with one attached hydrogen (secondary N) is 1. The van der Waals surface area contributed by atoms with Gasteiger partial charge in [-0.1, -0.05) is 6.92 Å². The van der Waals surface area contributed by atoms with Gasteiger partial charge in [0, 0.05) is 51.1 Å². The zero-order valence-corrected chi connectivity index (χ0v) is 15.9. The summed E-state index contributed by atoms with van der Waals surface area (Å²) in [5.41, 5.74) is 1.19. The van der Waals surface area contributed by atoms with Crippen LogP contribution in [-0.2, 0) is 6.42 Å². The number of nitrogens with zero attached hydrogens (tertiary/aromatic N) is 4. The third-order valence-electron chi connectivity index (χ3n) is 4.96. The maximum Gasteiger partial charge on any atom is 0.193 e. The number of rotatable bonds is 5. The minimum atomic E-state index is 0.817. The molecule has 0 unspecified atom stereocenters. The summed E-state index contributed by atoms with van der Waals surface area (Å²) in [4.78, 5) is 14.5. The van der Waals surface area contributed by atoms with E-state index < -0.39 is 0 Å². The number of guanidine groups is 1. The lowest BCUT2D eigenvalue weighted by Gasteiger charge is -2.33. The Morgan fingerprint density at radius 3 is 2.75 bits per heavy atom. The minimum Gasteiger partial charge on any atom is -0.357 e. The lowest BCUT2D eigenvalue weighted by Crippen LogP contribution is -2.45. The van der Waals surface area contributed by atoms with E-state index in [0.717, 1.165) is 44.5 Å². The van der Waals surface area contributed by atoms with Gasteiger partial charge in [0.1, 0.15) is 0 Å². The molecular formula is C18H31N5S. The van der Waals surface area contributed by atoms with Gasteiger partial charge < -0.3 is 15.1 Å². The predicted octanol–water partition coefficient (Wildman–Crippen LogP) is 2.98. The van der Waals surface area contributed by atoms with Gasteiger partial charge in [0.2, 0.25) is 0 Å². The van der Waals surface area contributed by atoms with Crippen molar-refractivity contribution in [1.82, 2.24) is 15.2 Å². The normalized spacial score (nSPS) is 20.0. The SMILES string of the molecule is CCNC(=NCCc1csc(N2CCCC2)n1)N1CCC(C)CC1. The van der Waals surface area contributed by atoms with Crippen molar-refractivity contribution in [3.8, 4) is 0 Å². The molecule has 0 atom stereocenters. The molecule has 2 saturated heterocycles. The van der Waals surface area contributed by atoms with E-state index in [4.69, 9.17) is 9.98 Å². The van der Waals surface area contributed by atoms with Crippen molar-refractivity contribution in [2.45, 2.75) is 46.0 Å². The Hall–Kier alpha value is -1.30. The summed E-state index contributed by atoms with van der Waals surface area (Å²) >= 11 is 1.78. The molecule has 0 amide bonds. The van der Waals surface area contributed by atoms with E-state index in [1.54, 1.807) is 11.3 Å². The quantitative estimate of drug-likeness (QED) is 0.656. The van der Waals surface area contributed by atoms with E-state index in [0.29, 0.717) is 0 Å². The number of hydrogen-bond donors (Lipinski definition) is 1. The molecule has 5 nitrogen and oxygen atoms in total. The van der Waals surface area contributed by atoms with Crippen molar-refractivity contribution in [2.75, 3.05) is 44.2 Å². The van der Waals surface area contributed by atoms with Crippen molar-refractivity contribution in [3.63, 3.8) is 0 Å². The molecule has 3 heterocycles. The fraction of sp³-hybridized carbons (Fsp3) is 0.778. The van der Waals surface area contributed by atoms with Crippen molar-refractivity contribution in [1.29, 1.82) is 0 Å². The summed E-state index contributed by atoms with van der Waals surface area (Å²) in [6, 6.07) is 0. The molecule has 2 aliphatic heterocycles. The van der Waals surface area contributed by atoms with Crippen LogP contribution in [0.4, 0.5) is 5.13 Å². The summed E-state index contributed by atoms with van der Waals surface area (Å²) in [6.45, 7) is 10.8. The van der Waals surface area contributed by atoms with Gasteiger partial charge >= 0.3 is 0 Å². The lowest BCUT2D eigenvalue weighted by atomic mass is 10.00. The Morgan fingerprint density at radius 2 is 2.04 bits per heavy atom. The number of anilines is 1. The van der Waals surface area contributed by atoms with Crippen molar-refractivity contribution in [2.24, 2.45) is 10.9 Å². The Morgan fingerprint density at radius 1 is 1.29 bits per heavy atom. The standard InChI is InChI=1S/C18H31N5S/c1-3-19-17(22-12-7-15(2)8-13-22)20-9-6-16-14-24-18(21-16)23-10-4-5-11-23/h14-15H,3-13H2,1-2H3,(H,19,20). The summed E-state index contributed by atoms with van der Waals surface area (Å²) in [5, 5.41) is 6.86. The monoisotopic (exact) mass is 349 g/mol. The summed E-state index contributed by atoms with van der Waals surface area (Å²) in [7, 11) is 0. The summed E-state index contributed by atoms with van der Waals surface area (Å²) < 4.78 is 0. The topological polar surface area (TPSA) is 43.8 Å². The minimum absolute atomic E-state index is 0.817. The first kappa shape index (κ1) is 17.5. The molecule has 24 heavy (non-hydrogen) atoms. The molecule has 3 rings (SSSR count). The average molecular weight is 350 g/mol. The molecule has 0 bridgehead atoms. The van der Waals surface area contributed by atoms with Crippen LogP contribution in [0.25, 0.3) is 0 Å². The third kappa shape index (κ3) is 4.62. The molecule has 1 aromatic heterocycles. The van der Waals surface area contributed by atoms with Crippen LogP contribution < -0.4 is 10.2 Å². The number of piperidine rings is 1. The summed E-state index contributed by atoms with van der Waals surface area (Å²) in [5.74, 6) is 1.93. The van der Waals surface area contributed by atoms with Gasteiger partial charge in [-0.2, -0.15) is 0 Å². The van der Waals surface area contributed by atoms with Crippen LogP contribution in [0, 0.1) is 5.92 Å². The lowest BCUT2D eigenvalue weighted by molar-refractivity contribution is 0.273. The number of hydrogen-bond acceptors (Lipinski definition) is 4. The number of aromatic nitrogens is 1. The van der Waals surface area contributed by atoms with Gasteiger partial charge in [0.15, 0.2) is 11.1 Å². The Labute approximate surface area is 150 Å². The first-order chi connectivity index (χ1) is 11.8. The van der Waals surface area contributed by atoms with Crippen LogP contribution >= 0.6 is 11.3 Å². The van der Waals surface area contributed by atoms with E-state index >= 15 is 0 Å². The van der Waals surface area contributed by atoms with Gasteiger partial charge in [-0.25, -0.2) is 4.98 Å². The van der Waals surface area contributed by atoms with Gasteiger partial charge in [-0.3, -0.25) is 4.99 Å². The molecule has 0 radical (unpaired) electrons. The second kappa shape index (κ2) is 8.70. The zero-order chi connectivity index (χ0) is 16.8. The molecule has 6 heteroatoms. The first-order valence-corrected chi connectivity index (χ1v) is 10.4. The molecule has 1 aromatic rings. The molecule has 2 fully saturated rings. The fourth-order valence-corrected chi connectivity index (χ4v) is 4.30. The average Bonchev–Trinajstić information content (AvgIpc) is 3.26. The summed E-state index contributed by atoms with van der Waals surface area (Å²) in [6.07, 6.45) is 6.09. The Balaban J connectivity index is 1.52. The highest BCUT2D eigenvalue weighted by molar-refractivity contribution is 7.13. The van der Waals surface area contributed by atoms with E-state index in [-0.39, 0.29) is 0 Å². The van der Waals surface area contributed by atoms with E-state index in [2.05, 4.69) is 34.3 Å². The molecule has 0 aromatic carbocycles. The van der Waals surface area contributed by atoms with Crippen molar-refractivity contribution in [3.05, 3.63) is 11.1 Å². The van der Waals surface area contributed by atoms with E-state index in [1.807, 2.05) is 0 Å². The second-order valence-corrected chi connectivity index (χ2v) is 7.81. The molecule has 2 aliphatic rings. The van der Waals surface area contributed by atoms with Crippen molar-refractivity contribution >= 4 is 22.4 Å². The molecule has 0 spiro atoms. The van der Waals surface area contributed by atoms with Gasteiger partial charge in [-0.15, -0.1) is 11.3 Å². The van der Waals surface area contributed by atoms with Gasteiger partial charge in [0.05, 0.1) is 5.69 Å². The molecule has 134 valence electrons. The number of likely N-dealkylation sites (tertiary alicyclic amines) is 1. The first-order valence-electron chi connectivity index (χ1n) is 9.49. The number of thiazole rings is 1. The van der Waals surface area contributed by atoms with Crippen molar-refractivity contribution < 1.29 is 0 Å². The highest BCUT2D eigenvalue weighted by Crippen LogP contribution is 2.24. The van der Waals surface area contributed by atoms with E-state index in [9.17, 15) is 0 Å². The zero-order valence-electron chi connectivity index (χ0n) is 15.1. The van der Waals surface area contributed by atoms with Crippen LogP contribution in [0.2, 0.25) is 0 Å². The Bertz CT molecular complexity index is 527. The largest absolute Gasteiger partial charge is 0.357 e. The maximum absolute atomic E-state index is 4.85. The van der Waals surface area contributed by atoms with Crippen LogP contribution in [-0.4, -0.2) is 55.1 Å². The highest BCUT2D eigenvalue weighted by atomic mass is 32.1. The van der Waals surface area contributed by atoms with Gasteiger partial charge in [0.25, 0.3) is 0 Å². The van der Waals surface area contributed by atoms with Crippen LogP contribution in [0.15, 0.2) is 10.4 Å². The predicted molar refractivity (Wildman–Crippen MR) is 103 cm³/mol. The second-order valence-electron chi connectivity index (χ2n) is 6.97. The van der Waals surface area contributed by atoms with Gasteiger partial charge in [-0.05, 0) is 38.5 Å². The molecular weight excluding hydrogens is 318 g/mol.